The maximum Gasteiger partial charge on any atom is 0.243 e. The van der Waals surface area contributed by atoms with Crippen LogP contribution in [0.2, 0.25) is 0 Å². The fourth-order valence-corrected chi connectivity index (χ4v) is 4.69. The van der Waals surface area contributed by atoms with Gasteiger partial charge in [0.2, 0.25) is 11.8 Å². The molecule has 0 aliphatic carbocycles. The number of benzene rings is 1. The third-order valence-electron chi connectivity index (χ3n) is 5.90. The number of nitrogens with zero attached hydrogens (tertiary/aromatic N) is 2. The molecule has 2 bridgehead atoms. The number of nitrogens with one attached hydrogen (secondary N) is 2. The molecule has 5 aliphatic rings. The average Bonchev–Trinajstić information content (AvgIpc) is 2.97. The predicted octanol–water partition coefficient (Wildman–Crippen LogP) is 0.358. The number of piperidine rings is 2. The number of hydrogen-bond donors (Lipinski definition) is 2. The Balaban J connectivity index is 1.38. The number of fused-ring (bicyclic) bond motifs is 3. The third-order valence-corrected chi connectivity index (χ3v) is 5.90. The highest BCUT2D eigenvalue weighted by Crippen LogP contribution is 2.36. The fourth-order valence-electron chi connectivity index (χ4n) is 4.69. The minimum Gasteiger partial charge on any atom is -0.368 e. The lowest BCUT2D eigenvalue weighted by molar-refractivity contribution is -0.137. The lowest BCUT2D eigenvalue weighted by Crippen LogP contribution is -2.67. The van der Waals surface area contributed by atoms with Crippen LogP contribution in [-0.4, -0.2) is 47.9 Å². The van der Waals surface area contributed by atoms with Crippen LogP contribution in [0.25, 0.3) is 0 Å². The fraction of sp³-hybridized carbons (Fsp3) is 0.556. The minimum absolute atomic E-state index is 0.135. The molecule has 2 amide bonds. The van der Waals surface area contributed by atoms with Crippen LogP contribution in [0.15, 0.2) is 18.2 Å². The summed E-state index contributed by atoms with van der Waals surface area (Å²) in [6.07, 6.45) is 2.37. The van der Waals surface area contributed by atoms with Crippen LogP contribution >= 0.6 is 0 Å². The molecule has 3 unspecified atom stereocenters. The molecule has 1 aromatic rings. The van der Waals surface area contributed by atoms with E-state index in [0.29, 0.717) is 24.9 Å². The van der Waals surface area contributed by atoms with Crippen LogP contribution in [0.1, 0.15) is 30.4 Å². The summed E-state index contributed by atoms with van der Waals surface area (Å²) in [5.41, 5.74) is 4.02. The van der Waals surface area contributed by atoms with Crippen LogP contribution < -0.4 is 15.5 Å². The number of hydrogen-bond acceptors (Lipinski definition) is 5. The molecule has 5 heterocycles. The third kappa shape index (κ3) is 2.24. The largest absolute Gasteiger partial charge is 0.368 e. The first-order valence-corrected chi connectivity index (χ1v) is 8.87. The maximum atomic E-state index is 12.2. The monoisotopic (exact) mass is 326 g/mol. The highest BCUT2D eigenvalue weighted by atomic mass is 16.2. The molecular weight excluding hydrogens is 304 g/mol. The van der Waals surface area contributed by atoms with Crippen molar-refractivity contribution in [3.05, 3.63) is 29.3 Å². The van der Waals surface area contributed by atoms with Gasteiger partial charge in [0.15, 0.2) is 0 Å². The Bertz CT molecular complexity index is 703. The second-order valence-corrected chi connectivity index (χ2v) is 7.49. The summed E-state index contributed by atoms with van der Waals surface area (Å²) in [6, 6.07) is 7.61. The van der Waals surface area contributed by atoms with Gasteiger partial charge >= 0.3 is 0 Å². The highest BCUT2D eigenvalue weighted by Gasteiger charge is 2.39. The number of rotatable bonds is 2. The molecule has 4 saturated heterocycles. The summed E-state index contributed by atoms with van der Waals surface area (Å²) in [4.78, 5) is 28.3. The minimum atomic E-state index is -0.181. The molecule has 2 N–H and O–H groups in total. The molecule has 0 saturated carbocycles. The Labute approximate surface area is 141 Å². The van der Waals surface area contributed by atoms with Gasteiger partial charge in [-0.2, -0.15) is 0 Å². The van der Waals surface area contributed by atoms with Crippen LogP contribution in [-0.2, 0) is 22.7 Å². The van der Waals surface area contributed by atoms with Gasteiger partial charge in [0.1, 0.15) is 0 Å². The normalized spacial score (nSPS) is 32.3. The molecule has 6 nitrogen and oxygen atoms in total. The first-order valence-electron chi connectivity index (χ1n) is 8.87. The zero-order valence-electron chi connectivity index (χ0n) is 13.6. The molecule has 5 aliphatic heterocycles. The van der Waals surface area contributed by atoms with Crippen LogP contribution in [0, 0.1) is 0 Å². The van der Waals surface area contributed by atoms with E-state index < -0.39 is 0 Å². The Hall–Kier alpha value is -1.92. The first-order chi connectivity index (χ1) is 11.7. The van der Waals surface area contributed by atoms with E-state index in [9.17, 15) is 9.59 Å². The molecule has 126 valence electrons. The molecule has 0 aromatic heterocycles. The molecule has 4 fully saturated rings. The van der Waals surface area contributed by atoms with Crippen molar-refractivity contribution >= 4 is 17.5 Å². The zero-order chi connectivity index (χ0) is 16.3. The van der Waals surface area contributed by atoms with Crippen molar-refractivity contribution in [2.45, 2.75) is 50.5 Å². The number of anilines is 1. The van der Waals surface area contributed by atoms with Gasteiger partial charge in [0.25, 0.3) is 0 Å². The van der Waals surface area contributed by atoms with Crippen molar-refractivity contribution in [2.24, 2.45) is 0 Å². The lowest BCUT2D eigenvalue weighted by Gasteiger charge is -2.49. The van der Waals surface area contributed by atoms with Gasteiger partial charge in [-0.1, -0.05) is 12.1 Å². The molecule has 3 atom stereocenters. The van der Waals surface area contributed by atoms with Gasteiger partial charge in [0.05, 0.1) is 6.04 Å². The topological polar surface area (TPSA) is 64.7 Å². The summed E-state index contributed by atoms with van der Waals surface area (Å²) >= 11 is 0. The number of carbonyl (C=O) groups excluding carboxylic acids is 2. The number of piperazine rings is 1. The quantitative estimate of drug-likeness (QED) is 0.768. The van der Waals surface area contributed by atoms with E-state index in [-0.39, 0.29) is 17.9 Å². The summed E-state index contributed by atoms with van der Waals surface area (Å²) in [5.74, 6) is -0.280. The Morgan fingerprint density at radius 2 is 1.88 bits per heavy atom. The van der Waals surface area contributed by atoms with E-state index in [1.807, 2.05) is 0 Å². The Kier molecular flexibility index (Phi) is 3.18. The van der Waals surface area contributed by atoms with E-state index in [0.717, 1.165) is 26.2 Å². The first kappa shape index (κ1) is 14.4. The Morgan fingerprint density at radius 1 is 1.08 bits per heavy atom. The molecule has 0 radical (unpaired) electrons. The van der Waals surface area contributed by atoms with Gasteiger partial charge in [0, 0.05) is 50.4 Å². The van der Waals surface area contributed by atoms with Gasteiger partial charge in [-0.25, -0.2) is 0 Å². The van der Waals surface area contributed by atoms with Gasteiger partial charge in [-0.3, -0.25) is 19.8 Å². The molecule has 1 aromatic carbocycles. The average molecular weight is 326 g/mol. The summed E-state index contributed by atoms with van der Waals surface area (Å²) in [6.45, 7) is 3.75. The van der Waals surface area contributed by atoms with Gasteiger partial charge in [-0.05, 0) is 30.0 Å². The second kappa shape index (κ2) is 5.29. The van der Waals surface area contributed by atoms with E-state index in [4.69, 9.17) is 0 Å². The van der Waals surface area contributed by atoms with Crippen molar-refractivity contribution in [1.82, 2.24) is 15.5 Å². The lowest BCUT2D eigenvalue weighted by atomic mass is 9.90. The number of amides is 2. The zero-order valence-corrected chi connectivity index (χ0v) is 13.6. The van der Waals surface area contributed by atoms with E-state index in [1.54, 1.807) is 0 Å². The number of imide groups is 1. The van der Waals surface area contributed by atoms with Gasteiger partial charge in [-0.15, -0.1) is 0 Å². The van der Waals surface area contributed by atoms with E-state index in [1.165, 1.54) is 23.2 Å². The van der Waals surface area contributed by atoms with Crippen LogP contribution in [0.4, 0.5) is 5.69 Å². The predicted molar refractivity (Wildman–Crippen MR) is 89.4 cm³/mol. The number of carbonyl (C=O) groups is 2. The maximum absolute atomic E-state index is 12.2. The smallest absolute Gasteiger partial charge is 0.243 e. The van der Waals surface area contributed by atoms with E-state index in [2.05, 4.69) is 38.6 Å². The molecular formula is C18H22N4O2. The van der Waals surface area contributed by atoms with Crippen LogP contribution in [0.3, 0.4) is 0 Å². The summed E-state index contributed by atoms with van der Waals surface area (Å²) in [7, 11) is 0. The standard InChI is InChI=1S/C18H22N4O2/c23-17-5-4-16(18(24)20-17)21-7-11-2-1-3-15(14(11)10-21)22-8-12-6-13(9-22)19-12/h1-3,12-13,16,19H,4-10H2,(H,20,23,24). The molecule has 6 heteroatoms. The Morgan fingerprint density at radius 3 is 2.62 bits per heavy atom. The second-order valence-electron chi connectivity index (χ2n) is 7.49. The summed E-state index contributed by atoms with van der Waals surface area (Å²) in [5, 5.41) is 6.06. The van der Waals surface area contributed by atoms with Crippen molar-refractivity contribution < 1.29 is 9.59 Å². The van der Waals surface area contributed by atoms with Crippen LogP contribution in [0.5, 0.6) is 0 Å². The van der Waals surface area contributed by atoms with Crippen molar-refractivity contribution in [3.8, 4) is 0 Å². The highest BCUT2D eigenvalue weighted by molar-refractivity contribution is 6.00. The molecule has 6 rings (SSSR count). The van der Waals surface area contributed by atoms with Gasteiger partial charge < -0.3 is 10.2 Å². The van der Waals surface area contributed by atoms with Crippen molar-refractivity contribution in [3.63, 3.8) is 0 Å². The molecule has 24 heavy (non-hydrogen) atoms. The van der Waals surface area contributed by atoms with Crippen molar-refractivity contribution in [2.75, 3.05) is 18.0 Å². The summed E-state index contributed by atoms with van der Waals surface area (Å²) < 4.78 is 0. The molecule has 0 spiro atoms. The van der Waals surface area contributed by atoms with E-state index >= 15 is 0 Å². The van der Waals surface area contributed by atoms with Crippen molar-refractivity contribution in [1.29, 1.82) is 0 Å². The SMILES string of the molecule is O=C1CCC(N2Cc3cccc(N4CC5CC(C4)N5)c3C2)C(=O)N1.